The van der Waals surface area contributed by atoms with E-state index in [0.29, 0.717) is 0 Å². The van der Waals surface area contributed by atoms with Gasteiger partial charge in [0.15, 0.2) is 5.82 Å². The van der Waals surface area contributed by atoms with Gasteiger partial charge in [-0.05, 0) is 31.0 Å². The second-order valence-electron chi connectivity index (χ2n) is 5.12. The van der Waals surface area contributed by atoms with E-state index in [4.69, 9.17) is 0 Å². The molecule has 1 atom stereocenters. The first-order valence-corrected chi connectivity index (χ1v) is 6.43. The molecule has 1 aliphatic rings. The fraction of sp³-hybridized carbons (Fsp3) is 0.250. The van der Waals surface area contributed by atoms with Crippen LogP contribution in [0.3, 0.4) is 0 Å². The van der Waals surface area contributed by atoms with Gasteiger partial charge in [0.25, 0.3) is 0 Å². The fourth-order valence-corrected chi connectivity index (χ4v) is 2.78. The molecule has 3 nitrogen and oxygen atoms in total. The Morgan fingerprint density at radius 1 is 1.05 bits per heavy atom. The summed E-state index contributed by atoms with van der Waals surface area (Å²) < 4.78 is 0. The molecule has 0 aliphatic carbocycles. The molecule has 0 bridgehead atoms. The van der Waals surface area contributed by atoms with E-state index in [1.807, 2.05) is 12.4 Å². The van der Waals surface area contributed by atoms with E-state index in [1.165, 1.54) is 11.1 Å². The van der Waals surface area contributed by atoms with Crippen molar-refractivity contribution in [2.45, 2.75) is 19.4 Å². The predicted octanol–water partition coefficient (Wildman–Crippen LogP) is 3.26. The Hall–Kier alpha value is -2.16. The number of benzene rings is 1. The van der Waals surface area contributed by atoms with Crippen molar-refractivity contribution in [1.82, 2.24) is 9.88 Å². The van der Waals surface area contributed by atoms with Crippen LogP contribution in [0.2, 0.25) is 0 Å². The first kappa shape index (κ1) is 11.9. The van der Waals surface area contributed by atoms with Crippen LogP contribution in [0.4, 0.5) is 5.82 Å². The lowest BCUT2D eigenvalue weighted by atomic mass is 9.81. The average Bonchev–Trinajstić information content (AvgIpc) is 2.44. The zero-order valence-corrected chi connectivity index (χ0v) is 11.5. The van der Waals surface area contributed by atoms with Gasteiger partial charge < -0.3 is 4.90 Å². The SMILES string of the molecule is Cc1ccccc1C1(C)c2cccnc2N=CN1C. The number of pyridine rings is 1. The van der Waals surface area contributed by atoms with E-state index >= 15 is 0 Å². The lowest BCUT2D eigenvalue weighted by molar-refractivity contribution is 0.290. The van der Waals surface area contributed by atoms with E-state index in [2.05, 4.69) is 66.1 Å². The first-order chi connectivity index (χ1) is 9.14. The summed E-state index contributed by atoms with van der Waals surface area (Å²) in [6, 6.07) is 12.6. The Morgan fingerprint density at radius 3 is 2.58 bits per heavy atom. The zero-order valence-electron chi connectivity index (χ0n) is 11.5. The summed E-state index contributed by atoms with van der Waals surface area (Å²) in [6.45, 7) is 4.37. The molecular formula is C16H17N3. The fourth-order valence-electron chi connectivity index (χ4n) is 2.78. The number of aliphatic imine (C=N–C) groups is 1. The summed E-state index contributed by atoms with van der Waals surface area (Å²) in [7, 11) is 2.06. The minimum atomic E-state index is -0.226. The van der Waals surface area contributed by atoms with Crippen LogP contribution < -0.4 is 0 Å². The Labute approximate surface area is 113 Å². The quantitative estimate of drug-likeness (QED) is 0.778. The molecule has 2 aromatic rings. The third kappa shape index (κ3) is 1.65. The van der Waals surface area contributed by atoms with Crippen LogP contribution >= 0.6 is 0 Å². The van der Waals surface area contributed by atoms with Gasteiger partial charge in [-0.15, -0.1) is 0 Å². The molecule has 1 aromatic carbocycles. The van der Waals surface area contributed by atoms with Crippen molar-refractivity contribution in [2.24, 2.45) is 4.99 Å². The van der Waals surface area contributed by atoms with Gasteiger partial charge in [0.1, 0.15) is 0 Å². The molecule has 96 valence electrons. The van der Waals surface area contributed by atoms with Gasteiger partial charge in [-0.1, -0.05) is 30.3 Å². The highest BCUT2D eigenvalue weighted by Gasteiger charge is 2.38. The Kier molecular flexibility index (Phi) is 2.63. The largest absolute Gasteiger partial charge is 0.352 e. The molecule has 3 rings (SSSR count). The number of nitrogens with zero attached hydrogens (tertiary/aromatic N) is 3. The summed E-state index contributed by atoms with van der Waals surface area (Å²) in [5, 5.41) is 0. The van der Waals surface area contributed by atoms with E-state index in [9.17, 15) is 0 Å². The van der Waals surface area contributed by atoms with Crippen LogP contribution in [0.5, 0.6) is 0 Å². The van der Waals surface area contributed by atoms with Crippen molar-refractivity contribution in [3.63, 3.8) is 0 Å². The molecule has 0 radical (unpaired) electrons. The molecule has 19 heavy (non-hydrogen) atoms. The van der Waals surface area contributed by atoms with Crippen LogP contribution in [0.25, 0.3) is 0 Å². The van der Waals surface area contributed by atoms with Crippen LogP contribution in [-0.4, -0.2) is 23.3 Å². The number of fused-ring (bicyclic) bond motifs is 1. The first-order valence-electron chi connectivity index (χ1n) is 6.43. The summed E-state index contributed by atoms with van der Waals surface area (Å²) in [6.07, 6.45) is 3.65. The van der Waals surface area contributed by atoms with Gasteiger partial charge in [-0.25, -0.2) is 9.98 Å². The highest BCUT2D eigenvalue weighted by atomic mass is 15.2. The molecule has 0 saturated carbocycles. The van der Waals surface area contributed by atoms with Crippen molar-refractivity contribution in [3.8, 4) is 0 Å². The van der Waals surface area contributed by atoms with E-state index < -0.39 is 0 Å². The Balaban J connectivity index is 2.28. The zero-order chi connectivity index (χ0) is 13.5. The van der Waals surface area contributed by atoms with Crippen molar-refractivity contribution < 1.29 is 0 Å². The van der Waals surface area contributed by atoms with Crippen LogP contribution in [0.1, 0.15) is 23.6 Å². The van der Waals surface area contributed by atoms with Crippen LogP contribution in [-0.2, 0) is 5.54 Å². The van der Waals surface area contributed by atoms with E-state index in [0.717, 1.165) is 11.4 Å². The molecule has 0 amide bonds. The standard InChI is InChI=1S/C16H17N3/c1-12-7-4-5-8-13(12)16(2)14-9-6-10-17-15(14)18-11-19(16)3/h4-11H,1-3H3. The smallest absolute Gasteiger partial charge is 0.159 e. The molecule has 2 heterocycles. The average molecular weight is 251 g/mol. The molecule has 3 heteroatoms. The molecule has 0 saturated heterocycles. The van der Waals surface area contributed by atoms with Crippen LogP contribution in [0.15, 0.2) is 47.6 Å². The molecular weight excluding hydrogens is 234 g/mol. The monoisotopic (exact) mass is 251 g/mol. The van der Waals surface area contributed by atoms with E-state index in [-0.39, 0.29) is 5.54 Å². The summed E-state index contributed by atoms with van der Waals surface area (Å²) in [4.78, 5) is 10.9. The Bertz CT molecular complexity index is 648. The van der Waals surface area contributed by atoms with Crippen molar-refractivity contribution >= 4 is 12.2 Å². The van der Waals surface area contributed by atoms with Gasteiger partial charge in [0.2, 0.25) is 0 Å². The van der Waals surface area contributed by atoms with Gasteiger partial charge in [0, 0.05) is 18.8 Å². The molecule has 1 unspecified atom stereocenters. The number of hydrogen-bond acceptors (Lipinski definition) is 3. The summed E-state index contributed by atoms with van der Waals surface area (Å²) in [5.41, 5.74) is 3.49. The van der Waals surface area contributed by atoms with Crippen molar-refractivity contribution in [3.05, 3.63) is 59.3 Å². The predicted molar refractivity (Wildman–Crippen MR) is 77.8 cm³/mol. The number of aromatic nitrogens is 1. The maximum Gasteiger partial charge on any atom is 0.159 e. The lowest BCUT2D eigenvalue weighted by Crippen LogP contribution is -2.43. The lowest BCUT2D eigenvalue weighted by Gasteiger charge is -2.42. The van der Waals surface area contributed by atoms with Crippen molar-refractivity contribution in [2.75, 3.05) is 7.05 Å². The normalized spacial score (nSPS) is 21.3. The minimum absolute atomic E-state index is 0.226. The summed E-state index contributed by atoms with van der Waals surface area (Å²) >= 11 is 0. The molecule has 0 spiro atoms. The maximum absolute atomic E-state index is 4.41. The molecule has 0 fully saturated rings. The summed E-state index contributed by atoms with van der Waals surface area (Å²) in [5.74, 6) is 0.811. The van der Waals surface area contributed by atoms with Gasteiger partial charge >= 0.3 is 0 Å². The second-order valence-corrected chi connectivity index (χ2v) is 5.12. The third-order valence-electron chi connectivity index (χ3n) is 4.04. The number of hydrogen-bond donors (Lipinski definition) is 0. The minimum Gasteiger partial charge on any atom is -0.352 e. The van der Waals surface area contributed by atoms with Crippen molar-refractivity contribution in [1.29, 1.82) is 0 Å². The Morgan fingerprint density at radius 2 is 1.79 bits per heavy atom. The highest BCUT2D eigenvalue weighted by molar-refractivity contribution is 5.70. The van der Waals surface area contributed by atoms with Gasteiger partial charge in [-0.2, -0.15) is 0 Å². The number of rotatable bonds is 1. The van der Waals surface area contributed by atoms with Gasteiger partial charge in [-0.3, -0.25) is 0 Å². The second kappa shape index (κ2) is 4.19. The topological polar surface area (TPSA) is 28.5 Å². The molecule has 1 aliphatic heterocycles. The highest BCUT2D eigenvalue weighted by Crippen LogP contribution is 2.41. The van der Waals surface area contributed by atoms with Gasteiger partial charge in [0.05, 0.1) is 11.9 Å². The van der Waals surface area contributed by atoms with E-state index in [1.54, 1.807) is 6.20 Å². The molecule has 0 N–H and O–H groups in total. The van der Waals surface area contributed by atoms with Crippen LogP contribution in [0, 0.1) is 6.92 Å². The molecule has 1 aromatic heterocycles. The third-order valence-corrected chi connectivity index (χ3v) is 4.04. The number of aryl methyl sites for hydroxylation is 1. The maximum atomic E-state index is 4.41.